The van der Waals surface area contributed by atoms with E-state index in [4.69, 9.17) is 0 Å². The van der Waals surface area contributed by atoms with Gasteiger partial charge in [-0.2, -0.15) is 0 Å². The average molecular weight is 281 g/mol. The molecular formula is C13H17BrN2. The standard InChI is InChI=1S/C13H17BrN2/c1-15-8-13-6-12(15)9-16(13)7-10-2-4-11(14)5-3-10/h2-5,12-13H,6-9H2,1H3. The maximum Gasteiger partial charge on any atom is 0.0242 e. The predicted octanol–water partition coefficient (Wildman–Crippen LogP) is 2.34. The van der Waals surface area contributed by atoms with Crippen molar-refractivity contribution in [1.82, 2.24) is 9.80 Å². The van der Waals surface area contributed by atoms with Gasteiger partial charge in [-0.15, -0.1) is 0 Å². The van der Waals surface area contributed by atoms with Crippen LogP contribution in [0.2, 0.25) is 0 Å². The number of rotatable bonds is 2. The third-order valence-corrected chi connectivity index (χ3v) is 4.46. The number of likely N-dealkylation sites (N-methyl/N-ethyl adjacent to an activating group) is 1. The molecule has 2 fully saturated rings. The molecule has 0 aliphatic carbocycles. The van der Waals surface area contributed by atoms with Crippen molar-refractivity contribution < 1.29 is 0 Å². The maximum absolute atomic E-state index is 3.48. The molecule has 2 atom stereocenters. The zero-order valence-electron chi connectivity index (χ0n) is 9.56. The van der Waals surface area contributed by atoms with E-state index in [2.05, 4.69) is 57.0 Å². The molecule has 0 saturated carbocycles. The first-order valence-corrected chi connectivity index (χ1v) is 6.70. The van der Waals surface area contributed by atoms with E-state index >= 15 is 0 Å². The van der Waals surface area contributed by atoms with Gasteiger partial charge in [0.05, 0.1) is 0 Å². The monoisotopic (exact) mass is 280 g/mol. The lowest BCUT2D eigenvalue weighted by molar-refractivity contribution is 0.143. The summed E-state index contributed by atoms with van der Waals surface area (Å²) in [6.07, 6.45) is 1.37. The van der Waals surface area contributed by atoms with Gasteiger partial charge in [0.25, 0.3) is 0 Å². The molecule has 0 radical (unpaired) electrons. The fourth-order valence-electron chi connectivity index (χ4n) is 2.97. The average Bonchev–Trinajstić information content (AvgIpc) is 2.80. The van der Waals surface area contributed by atoms with Crippen molar-refractivity contribution in [2.75, 3.05) is 20.1 Å². The third kappa shape index (κ3) is 1.92. The van der Waals surface area contributed by atoms with E-state index in [9.17, 15) is 0 Å². The molecule has 0 aromatic heterocycles. The van der Waals surface area contributed by atoms with Crippen LogP contribution in [0, 0.1) is 0 Å². The lowest BCUT2D eigenvalue weighted by Crippen LogP contribution is -2.43. The van der Waals surface area contributed by atoms with E-state index in [0.717, 1.165) is 18.6 Å². The van der Waals surface area contributed by atoms with Gasteiger partial charge in [0.15, 0.2) is 0 Å². The number of hydrogen-bond donors (Lipinski definition) is 0. The Hall–Kier alpha value is -0.380. The molecule has 16 heavy (non-hydrogen) atoms. The van der Waals surface area contributed by atoms with Gasteiger partial charge in [-0.3, -0.25) is 4.90 Å². The Labute approximate surface area is 105 Å². The first-order valence-electron chi connectivity index (χ1n) is 5.91. The summed E-state index contributed by atoms with van der Waals surface area (Å²) in [4.78, 5) is 5.14. The number of fused-ring (bicyclic) bond motifs is 2. The molecule has 86 valence electrons. The van der Waals surface area contributed by atoms with E-state index in [0.29, 0.717) is 0 Å². The highest BCUT2D eigenvalue weighted by Gasteiger charge is 2.40. The van der Waals surface area contributed by atoms with Crippen LogP contribution in [0.4, 0.5) is 0 Å². The minimum absolute atomic E-state index is 0.790. The molecule has 1 aromatic carbocycles. The topological polar surface area (TPSA) is 6.48 Å². The Morgan fingerprint density at radius 2 is 1.94 bits per heavy atom. The summed E-state index contributed by atoms with van der Waals surface area (Å²) in [7, 11) is 2.25. The zero-order valence-corrected chi connectivity index (χ0v) is 11.2. The van der Waals surface area contributed by atoms with Crippen molar-refractivity contribution in [1.29, 1.82) is 0 Å². The van der Waals surface area contributed by atoms with E-state index in [1.807, 2.05) is 0 Å². The molecule has 2 aliphatic heterocycles. The van der Waals surface area contributed by atoms with Gasteiger partial charge in [-0.25, -0.2) is 0 Å². The fourth-order valence-corrected chi connectivity index (χ4v) is 3.23. The van der Waals surface area contributed by atoms with Crippen molar-refractivity contribution in [3.63, 3.8) is 0 Å². The SMILES string of the molecule is CN1CC2CC1CN2Cc1ccc(Br)cc1. The van der Waals surface area contributed by atoms with Crippen molar-refractivity contribution in [3.05, 3.63) is 34.3 Å². The predicted molar refractivity (Wildman–Crippen MR) is 69.4 cm³/mol. The molecule has 0 spiro atoms. The van der Waals surface area contributed by atoms with Gasteiger partial charge >= 0.3 is 0 Å². The highest BCUT2D eigenvalue weighted by molar-refractivity contribution is 9.10. The van der Waals surface area contributed by atoms with Gasteiger partial charge in [-0.1, -0.05) is 28.1 Å². The summed E-state index contributed by atoms with van der Waals surface area (Å²) in [6.45, 7) is 3.61. The number of likely N-dealkylation sites (tertiary alicyclic amines) is 2. The van der Waals surface area contributed by atoms with E-state index in [1.165, 1.54) is 29.5 Å². The molecule has 1 aromatic rings. The summed E-state index contributed by atoms with van der Waals surface area (Å²) >= 11 is 3.48. The Morgan fingerprint density at radius 1 is 1.19 bits per heavy atom. The van der Waals surface area contributed by atoms with Crippen LogP contribution >= 0.6 is 15.9 Å². The summed E-state index contributed by atoms with van der Waals surface area (Å²) in [5, 5.41) is 0. The highest BCUT2D eigenvalue weighted by atomic mass is 79.9. The molecule has 2 nitrogen and oxygen atoms in total. The maximum atomic E-state index is 3.48. The zero-order chi connectivity index (χ0) is 11.1. The Balaban J connectivity index is 1.66. The van der Waals surface area contributed by atoms with E-state index in [-0.39, 0.29) is 0 Å². The number of benzene rings is 1. The molecule has 2 saturated heterocycles. The molecule has 3 heteroatoms. The molecule has 3 rings (SSSR count). The van der Waals surface area contributed by atoms with E-state index < -0.39 is 0 Å². The van der Waals surface area contributed by atoms with Crippen LogP contribution in [-0.4, -0.2) is 42.0 Å². The largest absolute Gasteiger partial charge is 0.301 e. The summed E-state index contributed by atoms with van der Waals surface area (Å²) in [5.41, 5.74) is 1.43. The first-order chi connectivity index (χ1) is 7.72. The molecule has 0 N–H and O–H groups in total. The molecule has 2 heterocycles. The smallest absolute Gasteiger partial charge is 0.0242 e. The second-order valence-corrected chi connectivity index (χ2v) is 5.95. The molecule has 2 aliphatic rings. The van der Waals surface area contributed by atoms with Gasteiger partial charge in [0.1, 0.15) is 0 Å². The first kappa shape index (κ1) is 10.8. The third-order valence-electron chi connectivity index (χ3n) is 3.93. The molecule has 2 unspecified atom stereocenters. The summed E-state index contributed by atoms with van der Waals surface area (Å²) in [6, 6.07) is 10.3. The quantitative estimate of drug-likeness (QED) is 0.821. The van der Waals surface area contributed by atoms with E-state index in [1.54, 1.807) is 0 Å². The minimum Gasteiger partial charge on any atom is -0.301 e. The van der Waals surface area contributed by atoms with Crippen LogP contribution in [-0.2, 0) is 6.54 Å². The van der Waals surface area contributed by atoms with Crippen LogP contribution in [0.1, 0.15) is 12.0 Å². The van der Waals surface area contributed by atoms with Gasteiger partial charge < -0.3 is 4.90 Å². The number of halogens is 1. The van der Waals surface area contributed by atoms with Crippen LogP contribution in [0.5, 0.6) is 0 Å². The van der Waals surface area contributed by atoms with Crippen molar-refractivity contribution >= 4 is 15.9 Å². The van der Waals surface area contributed by atoms with Crippen LogP contribution in [0.15, 0.2) is 28.7 Å². The van der Waals surface area contributed by atoms with Gasteiger partial charge in [0.2, 0.25) is 0 Å². The molecule has 0 amide bonds. The second kappa shape index (κ2) is 4.13. The van der Waals surface area contributed by atoms with Crippen molar-refractivity contribution in [3.8, 4) is 0 Å². The minimum atomic E-state index is 0.790. The van der Waals surface area contributed by atoms with Gasteiger partial charge in [0, 0.05) is 36.2 Å². The van der Waals surface area contributed by atoms with Crippen LogP contribution in [0.25, 0.3) is 0 Å². The Kier molecular flexibility index (Phi) is 2.78. The number of hydrogen-bond acceptors (Lipinski definition) is 2. The fraction of sp³-hybridized carbons (Fsp3) is 0.538. The van der Waals surface area contributed by atoms with Crippen LogP contribution in [0.3, 0.4) is 0 Å². The van der Waals surface area contributed by atoms with Crippen LogP contribution < -0.4 is 0 Å². The van der Waals surface area contributed by atoms with Crippen molar-refractivity contribution in [2.24, 2.45) is 0 Å². The number of nitrogens with zero attached hydrogens (tertiary/aromatic N) is 2. The summed E-state index contributed by atoms with van der Waals surface area (Å²) < 4.78 is 1.17. The second-order valence-electron chi connectivity index (χ2n) is 5.04. The summed E-state index contributed by atoms with van der Waals surface area (Å²) in [5.74, 6) is 0. The Bertz CT molecular complexity index is 374. The lowest BCUT2D eigenvalue weighted by atomic mass is 10.2. The molecule has 2 bridgehead atoms. The number of piperazine rings is 1. The Morgan fingerprint density at radius 3 is 2.50 bits per heavy atom. The normalized spacial score (nSPS) is 30.1. The van der Waals surface area contributed by atoms with Gasteiger partial charge in [-0.05, 0) is 31.2 Å². The molecular weight excluding hydrogens is 264 g/mol. The van der Waals surface area contributed by atoms with Crippen molar-refractivity contribution in [2.45, 2.75) is 25.0 Å². The lowest BCUT2D eigenvalue weighted by Gasteiger charge is -2.31. The highest BCUT2D eigenvalue weighted by Crippen LogP contribution is 2.30.